The number of hydrogen-bond donors (Lipinski definition) is 2. The molecular weight excluding hydrogens is 216 g/mol. The van der Waals surface area contributed by atoms with Crippen LogP contribution in [-0.4, -0.2) is 34.1 Å². The van der Waals surface area contributed by atoms with E-state index in [4.69, 9.17) is 5.73 Å². The second kappa shape index (κ2) is 5.21. The van der Waals surface area contributed by atoms with Crippen LogP contribution in [0.4, 0.5) is 5.69 Å². The summed E-state index contributed by atoms with van der Waals surface area (Å²) in [6.07, 6.45) is 6.19. The lowest BCUT2D eigenvalue weighted by Gasteiger charge is -2.31. The highest BCUT2D eigenvalue weighted by atomic mass is 16.2. The van der Waals surface area contributed by atoms with Crippen molar-refractivity contribution in [1.82, 2.24) is 15.1 Å². The Hall–Kier alpha value is -1.52. The Kier molecular flexibility index (Phi) is 3.66. The van der Waals surface area contributed by atoms with E-state index >= 15 is 0 Å². The van der Waals surface area contributed by atoms with Crippen LogP contribution in [-0.2, 0) is 0 Å². The molecule has 0 unspecified atom stereocenters. The summed E-state index contributed by atoms with van der Waals surface area (Å²) in [5, 5.41) is 6.46. The summed E-state index contributed by atoms with van der Waals surface area (Å²) in [6.45, 7) is 3.88. The Morgan fingerprint density at radius 2 is 2.29 bits per heavy atom. The molecule has 0 radical (unpaired) electrons. The number of anilines is 1. The fourth-order valence-electron chi connectivity index (χ4n) is 2.46. The summed E-state index contributed by atoms with van der Waals surface area (Å²) in [5.74, 6) is 0.762. The van der Waals surface area contributed by atoms with Crippen molar-refractivity contribution in [3.63, 3.8) is 0 Å². The summed E-state index contributed by atoms with van der Waals surface area (Å²) in [6, 6.07) is 0. The third-order valence-electron chi connectivity index (χ3n) is 3.48. The van der Waals surface area contributed by atoms with Crippen molar-refractivity contribution in [3.8, 4) is 0 Å². The van der Waals surface area contributed by atoms with Crippen LogP contribution in [0.5, 0.6) is 0 Å². The number of nitrogens with two attached hydrogens (primary N) is 1. The predicted octanol–water partition coefficient (Wildman–Crippen LogP) is 1.64. The van der Waals surface area contributed by atoms with Gasteiger partial charge in [0.25, 0.3) is 5.91 Å². The van der Waals surface area contributed by atoms with Crippen molar-refractivity contribution in [1.29, 1.82) is 0 Å². The Labute approximate surface area is 101 Å². The Bertz CT molecular complexity index is 380. The van der Waals surface area contributed by atoms with Gasteiger partial charge in [-0.15, -0.1) is 0 Å². The van der Waals surface area contributed by atoms with E-state index in [-0.39, 0.29) is 5.91 Å². The molecular formula is C12H20N4O. The minimum absolute atomic E-state index is 0.0186. The Balaban J connectivity index is 1.93. The second-order valence-corrected chi connectivity index (χ2v) is 4.72. The first-order valence-corrected chi connectivity index (χ1v) is 6.30. The lowest BCUT2D eigenvalue weighted by atomic mass is 9.92. The number of carbonyl (C=O) groups excluding carboxylic acids is 1. The molecule has 3 N–H and O–H groups in total. The Morgan fingerprint density at radius 3 is 2.82 bits per heavy atom. The van der Waals surface area contributed by atoms with Gasteiger partial charge in [0.15, 0.2) is 0 Å². The van der Waals surface area contributed by atoms with E-state index in [1.54, 1.807) is 0 Å². The molecule has 0 spiro atoms. The average molecular weight is 236 g/mol. The number of aromatic amines is 1. The van der Waals surface area contributed by atoms with Crippen LogP contribution in [0.2, 0.25) is 0 Å². The van der Waals surface area contributed by atoms with Crippen molar-refractivity contribution in [3.05, 3.63) is 11.9 Å². The summed E-state index contributed by atoms with van der Waals surface area (Å²) >= 11 is 0. The maximum atomic E-state index is 12.1. The van der Waals surface area contributed by atoms with Crippen LogP contribution in [0.3, 0.4) is 0 Å². The predicted molar refractivity (Wildman–Crippen MR) is 66.5 cm³/mol. The topological polar surface area (TPSA) is 75.0 Å². The number of H-pyrrole nitrogens is 1. The molecule has 5 nitrogen and oxygen atoms in total. The highest BCUT2D eigenvalue weighted by molar-refractivity contribution is 5.97. The van der Waals surface area contributed by atoms with Crippen LogP contribution < -0.4 is 5.73 Å². The van der Waals surface area contributed by atoms with Gasteiger partial charge in [-0.25, -0.2) is 0 Å². The zero-order valence-electron chi connectivity index (χ0n) is 10.3. The van der Waals surface area contributed by atoms with Crippen LogP contribution in [0.25, 0.3) is 0 Å². The number of piperidine rings is 1. The summed E-state index contributed by atoms with van der Waals surface area (Å²) in [7, 11) is 0. The molecule has 1 aliphatic rings. The zero-order chi connectivity index (χ0) is 12.3. The van der Waals surface area contributed by atoms with Gasteiger partial charge >= 0.3 is 0 Å². The van der Waals surface area contributed by atoms with Crippen molar-refractivity contribution >= 4 is 11.6 Å². The lowest BCUT2D eigenvalue weighted by Crippen LogP contribution is -2.38. The highest BCUT2D eigenvalue weighted by Gasteiger charge is 2.25. The number of carbonyl (C=O) groups is 1. The summed E-state index contributed by atoms with van der Waals surface area (Å²) in [4.78, 5) is 14.0. The van der Waals surface area contributed by atoms with Gasteiger partial charge in [0.2, 0.25) is 0 Å². The molecule has 1 saturated heterocycles. The van der Waals surface area contributed by atoms with E-state index in [0.29, 0.717) is 11.4 Å². The van der Waals surface area contributed by atoms with Crippen molar-refractivity contribution in [2.45, 2.75) is 32.6 Å². The molecule has 0 saturated carbocycles. The first kappa shape index (κ1) is 12.0. The molecule has 1 aromatic rings. The fraction of sp³-hybridized carbons (Fsp3) is 0.667. The first-order valence-electron chi connectivity index (χ1n) is 6.30. The minimum Gasteiger partial charge on any atom is -0.396 e. The molecule has 0 aliphatic carbocycles. The molecule has 1 aliphatic heterocycles. The number of likely N-dealkylation sites (tertiary alicyclic amines) is 1. The molecule has 1 amide bonds. The number of amides is 1. The highest BCUT2D eigenvalue weighted by Crippen LogP contribution is 2.23. The molecule has 0 aromatic carbocycles. The number of nitrogens with one attached hydrogen (secondary N) is 1. The van der Waals surface area contributed by atoms with Crippen molar-refractivity contribution < 1.29 is 4.79 Å². The fourth-order valence-corrected chi connectivity index (χ4v) is 2.46. The quantitative estimate of drug-likeness (QED) is 0.837. The number of nitrogen functional groups attached to an aromatic ring is 1. The number of nitrogens with zero attached hydrogens (tertiary/aromatic N) is 2. The van der Waals surface area contributed by atoms with Gasteiger partial charge in [-0.05, 0) is 18.8 Å². The number of hydrogen-bond acceptors (Lipinski definition) is 3. The molecule has 17 heavy (non-hydrogen) atoms. The van der Waals surface area contributed by atoms with E-state index in [1.165, 1.54) is 19.0 Å². The molecule has 1 aromatic heterocycles. The lowest BCUT2D eigenvalue weighted by molar-refractivity contribution is 0.0681. The van der Waals surface area contributed by atoms with E-state index in [9.17, 15) is 4.79 Å². The zero-order valence-corrected chi connectivity index (χ0v) is 10.3. The van der Waals surface area contributed by atoms with Crippen LogP contribution in [0.15, 0.2) is 6.20 Å². The smallest absolute Gasteiger partial charge is 0.274 e. The van der Waals surface area contributed by atoms with Crippen molar-refractivity contribution in [2.75, 3.05) is 18.8 Å². The third kappa shape index (κ3) is 2.60. The van der Waals surface area contributed by atoms with E-state index in [2.05, 4.69) is 17.1 Å². The summed E-state index contributed by atoms with van der Waals surface area (Å²) < 4.78 is 0. The summed E-state index contributed by atoms with van der Waals surface area (Å²) in [5.41, 5.74) is 6.55. The molecule has 5 heteroatoms. The van der Waals surface area contributed by atoms with Crippen LogP contribution >= 0.6 is 0 Å². The maximum Gasteiger partial charge on any atom is 0.274 e. The van der Waals surface area contributed by atoms with E-state index < -0.39 is 0 Å². The van der Waals surface area contributed by atoms with E-state index in [0.717, 1.165) is 31.8 Å². The second-order valence-electron chi connectivity index (χ2n) is 4.72. The average Bonchev–Trinajstić information content (AvgIpc) is 2.76. The molecule has 2 heterocycles. The van der Waals surface area contributed by atoms with Crippen molar-refractivity contribution in [2.24, 2.45) is 5.92 Å². The third-order valence-corrected chi connectivity index (χ3v) is 3.48. The first-order chi connectivity index (χ1) is 8.22. The number of aromatic nitrogens is 2. The van der Waals surface area contributed by atoms with Gasteiger partial charge in [-0.1, -0.05) is 19.8 Å². The maximum absolute atomic E-state index is 12.1. The van der Waals surface area contributed by atoms with Gasteiger partial charge in [0.1, 0.15) is 5.69 Å². The standard InChI is InChI=1S/C12H20N4O/c1-2-3-9-4-6-16(7-5-9)12(17)11-10(13)8-14-15-11/h8-9H,2-7,13H2,1H3,(H,14,15). The van der Waals surface area contributed by atoms with Gasteiger partial charge in [0.05, 0.1) is 11.9 Å². The molecule has 0 atom stereocenters. The van der Waals surface area contributed by atoms with Gasteiger partial charge in [-0.3, -0.25) is 9.89 Å². The Morgan fingerprint density at radius 1 is 1.59 bits per heavy atom. The molecule has 0 bridgehead atoms. The minimum atomic E-state index is -0.0186. The SMILES string of the molecule is CCCC1CCN(C(=O)c2[nH]ncc2N)CC1. The number of rotatable bonds is 3. The largest absolute Gasteiger partial charge is 0.396 e. The normalized spacial score (nSPS) is 17.4. The van der Waals surface area contributed by atoms with Crippen LogP contribution in [0, 0.1) is 5.92 Å². The monoisotopic (exact) mass is 236 g/mol. The van der Waals surface area contributed by atoms with Crippen LogP contribution in [0.1, 0.15) is 43.1 Å². The molecule has 2 rings (SSSR count). The molecule has 1 fully saturated rings. The van der Waals surface area contributed by atoms with E-state index in [1.807, 2.05) is 4.90 Å². The molecule has 94 valence electrons. The van der Waals surface area contributed by atoms with Gasteiger partial charge in [0, 0.05) is 13.1 Å². The van der Waals surface area contributed by atoms with Gasteiger partial charge in [-0.2, -0.15) is 5.10 Å². The van der Waals surface area contributed by atoms with Gasteiger partial charge < -0.3 is 10.6 Å².